The molecule has 2 fully saturated rings. The summed E-state index contributed by atoms with van der Waals surface area (Å²) >= 11 is 9.70. The monoisotopic (exact) mass is 460 g/mol. The van der Waals surface area contributed by atoms with Crippen LogP contribution >= 0.6 is 27.5 Å². The number of amides is 1. The van der Waals surface area contributed by atoms with Gasteiger partial charge in [-0.3, -0.25) is 9.69 Å². The van der Waals surface area contributed by atoms with Crippen molar-refractivity contribution in [2.75, 3.05) is 29.4 Å². The Morgan fingerprint density at radius 2 is 1.82 bits per heavy atom. The van der Waals surface area contributed by atoms with E-state index in [1.165, 1.54) is 25.7 Å². The summed E-state index contributed by atoms with van der Waals surface area (Å²) < 4.78 is 1.04. The zero-order valence-corrected chi connectivity index (χ0v) is 18.2. The first-order valence-electron chi connectivity index (χ1n) is 9.85. The van der Waals surface area contributed by atoms with E-state index < -0.39 is 0 Å². The van der Waals surface area contributed by atoms with Crippen LogP contribution in [0.15, 0.2) is 22.7 Å². The number of aryl methyl sites for hydroxylation is 1. The van der Waals surface area contributed by atoms with E-state index in [2.05, 4.69) is 42.9 Å². The molecule has 0 unspecified atom stereocenters. The standard InChI is InChI=1S/C21H22BrClN4O/c1-13-10-17(25-20(23)24-13)27-7-2-14-11-15(22)12-16(18(14)19(27)28)26-8-5-21(3-4-21)6-9-26/h10-12H,2-9H2,1H3. The van der Waals surface area contributed by atoms with E-state index in [0.29, 0.717) is 17.8 Å². The van der Waals surface area contributed by atoms with Gasteiger partial charge in [-0.05, 0) is 73.7 Å². The fraction of sp³-hybridized carbons (Fsp3) is 0.476. The number of carbonyl (C=O) groups excluding carboxylic acids is 1. The van der Waals surface area contributed by atoms with Crippen LogP contribution in [0, 0.1) is 12.3 Å². The van der Waals surface area contributed by atoms with Crippen LogP contribution in [0.1, 0.15) is 47.3 Å². The number of nitrogens with zero attached hydrogens (tertiary/aromatic N) is 4. The minimum atomic E-state index is 0.00428. The summed E-state index contributed by atoms with van der Waals surface area (Å²) in [6.45, 7) is 4.50. The van der Waals surface area contributed by atoms with Crippen molar-refractivity contribution in [2.45, 2.75) is 39.0 Å². The molecule has 0 bridgehead atoms. The van der Waals surface area contributed by atoms with Gasteiger partial charge < -0.3 is 4.90 Å². The van der Waals surface area contributed by atoms with Crippen molar-refractivity contribution < 1.29 is 4.79 Å². The first kappa shape index (κ1) is 18.4. The molecule has 2 aliphatic heterocycles. The van der Waals surface area contributed by atoms with E-state index in [4.69, 9.17) is 11.6 Å². The van der Waals surface area contributed by atoms with Gasteiger partial charge in [-0.25, -0.2) is 9.97 Å². The molecule has 1 saturated heterocycles. The van der Waals surface area contributed by atoms with Gasteiger partial charge in [0.2, 0.25) is 5.28 Å². The van der Waals surface area contributed by atoms with Gasteiger partial charge in [0.1, 0.15) is 5.82 Å². The Morgan fingerprint density at radius 1 is 1.07 bits per heavy atom. The molecule has 1 saturated carbocycles. The molecular formula is C21H22BrClN4O. The van der Waals surface area contributed by atoms with Crippen molar-refractivity contribution >= 4 is 44.9 Å². The summed E-state index contributed by atoms with van der Waals surface area (Å²) in [6.07, 6.45) is 6.00. The maximum atomic E-state index is 13.5. The number of fused-ring (bicyclic) bond motifs is 1. The molecule has 3 aliphatic rings. The Balaban J connectivity index is 1.52. The fourth-order valence-electron chi connectivity index (χ4n) is 4.58. The average molecular weight is 462 g/mol. The van der Waals surface area contributed by atoms with Crippen LogP contribution in [0.25, 0.3) is 0 Å². The Hall–Kier alpha value is -1.66. The van der Waals surface area contributed by atoms with Crippen molar-refractivity contribution in [3.05, 3.63) is 44.8 Å². The predicted molar refractivity (Wildman–Crippen MR) is 114 cm³/mol. The number of piperidine rings is 1. The van der Waals surface area contributed by atoms with E-state index in [-0.39, 0.29) is 11.2 Å². The lowest BCUT2D eigenvalue weighted by Gasteiger charge is -2.37. The summed E-state index contributed by atoms with van der Waals surface area (Å²) in [7, 11) is 0. The second-order valence-electron chi connectivity index (χ2n) is 8.29. The third-order valence-corrected chi connectivity index (χ3v) is 7.07. The molecule has 0 atom stereocenters. The second kappa shape index (κ2) is 6.70. The van der Waals surface area contributed by atoms with Crippen LogP contribution in [0.2, 0.25) is 5.28 Å². The zero-order chi connectivity index (χ0) is 19.5. The lowest BCUT2D eigenvalue weighted by atomic mass is 9.91. The SMILES string of the molecule is Cc1cc(N2CCc3cc(Br)cc(N4CCC5(CC4)CC5)c3C2=O)nc(Cl)n1. The molecular weight excluding hydrogens is 440 g/mol. The third-order valence-electron chi connectivity index (χ3n) is 6.44. The van der Waals surface area contributed by atoms with E-state index >= 15 is 0 Å². The van der Waals surface area contributed by atoms with Crippen molar-refractivity contribution in [3.63, 3.8) is 0 Å². The van der Waals surface area contributed by atoms with Crippen molar-refractivity contribution in [1.29, 1.82) is 0 Å². The molecule has 0 radical (unpaired) electrons. The second-order valence-corrected chi connectivity index (χ2v) is 9.54. The quantitative estimate of drug-likeness (QED) is 0.604. The minimum Gasteiger partial charge on any atom is -0.371 e. The molecule has 1 aromatic heterocycles. The first-order chi connectivity index (χ1) is 13.4. The number of rotatable bonds is 2. The topological polar surface area (TPSA) is 49.3 Å². The molecule has 1 aromatic carbocycles. The molecule has 28 heavy (non-hydrogen) atoms. The van der Waals surface area contributed by atoms with Crippen LogP contribution < -0.4 is 9.80 Å². The maximum Gasteiger partial charge on any atom is 0.261 e. The number of carbonyl (C=O) groups is 1. The van der Waals surface area contributed by atoms with Crippen molar-refractivity contribution in [1.82, 2.24) is 9.97 Å². The van der Waals surface area contributed by atoms with Gasteiger partial charge in [-0.2, -0.15) is 0 Å². The van der Waals surface area contributed by atoms with Crippen LogP contribution in [-0.2, 0) is 6.42 Å². The van der Waals surface area contributed by atoms with Gasteiger partial charge in [0.15, 0.2) is 0 Å². The molecule has 0 N–H and O–H groups in total. The van der Waals surface area contributed by atoms with Gasteiger partial charge in [-0.1, -0.05) is 15.9 Å². The number of benzene rings is 1. The molecule has 5 nitrogen and oxygen atoms in total. The highest BCUT2D eigenvalue weighted by atomic mass is 79.9. The molecule has 1 spiro atoms. The van der Waals surface area contributed by atoms with E-state index in [1.807, 2.05) is 13.0 Å². The smallest absolute Gasteiger partial charge is 0.261 e. The third kappa shape index (κ3) is 3.20. The van der Waals surface area contributed by atoms with Crippen LogP contribution in [0.4, 0.5) is 11.5 Å². The number of aromatic nitrogens is 2. The number of halogens is 2. The van der Waals surface area contributed by atoms with Crippen LogP contribution in [0.3, 0.4) is 0 Å². The Kier molecular flexibility index (Phi) is 4.40. The highest BCUT2D eigenvalue weighted by Gasteiger charge is 2.45. The molecule has 1 aliphatic carbocycles. The average Bonchev–Trinajstić information content (AvgIpc) is 3.40. The van der Waals surface area contributed by atoms with Gasteiger partial charge in [0.05, 0.1) is 11.3 Å². The summed E-state index contributed by atoms with van der Waals surface area (Å²) in [5, 5.41) is 0.176. The Bertz CT molecular complexity index is 945. The number of hydrogen-bond acceptors (Lipinski definition) is 4. The lowest BCUT2D eigenvalue weighted by Crippen LogP contribution is -2.41. The Morgan fingerprint density at radius 3 is 2.50 bits per heavy atom. The zero-order valence-electron chi connectivity index (χ0n) is 15.8. The summed E-state index contributed by atoms with van der Waals surface area (Å²) in [6, 6.07) is 6.01. The highest BCUT2D eigenvalue weighted by Crippen LogP contribution is 2.54. The van der Waals surface area contributed by atoms with E-state index in [9.17, 15) is 4.79 Å². The first-order valence-corrected chi connectivity index (χ1v) is 11.0. The summed E-state index contributed by atoms with van der Waals surface area (Å²) in [4.78, 5) is 26.1. The molecule has 5 rings (SSSR count). The van der Waals surface area contributed by atoms with E-state index in [1.54, 1.807) is 4.90 Å². The van der Waals surface area contributed by atoms with Gasteiger partial charge in [0.25, 0.3) is 5.91 Å². The van der Waals surface area contributed by atoms with Crippen LogP contribution in [0.5, 0.6) is 0 Å². The predicted octanol–water partition coefficient (Wildman–Crippen LogP) is 4.78. The number of anilines is 2. The molecule has 1 amide bonds. The largest absolute Gasteiger partial charge is 0.371 e. The van der Waals surface area contributed by atoms with Crippen LogP contribution in [-0.4, -0.2) is 35.5 Å². The van der Waals surface area contributed by atoms with Gasteiger partial charge >= 0.3 is 0 Å². The van der Waals surface area contributed by atoms with Gasteiger partial charge in [-0.15, -0.1) is 0 Å². The molecule has 3 heterocycles. The van der Waals surface area contributed by atoms with E-state index in [0.717, 1.165) is 46.5 Å². The summed E-state index contributed by atoms with van der Waals surface area (Å²) in [5.74, 6) is 0.585. The normalized spacial score (nSPS) is 20.5. The fourth-order valence-corrected chi connectivity index (χ4v) is 5.29. The van der Waals surface area contributed by atoms with Crippen molar-refractivity contribution in [2.24, 2.45) is 5.41 Å². The summed E-state index contributed by atoms with van der Waals surface area (Å²) in [5.41, 5.74) is 4.33. The van der Waals surface area contributed by atoms with Gasteiger partial charge in [0, 0.05) is 35.9 Å². The molecule has 146 valence electrons. The minimum absolute atomic E-state index is 0.00428. The Labute approximate surface area is 178 Å². The molecule has 7 heteroatoms. The van der Waals surface area contributed by atoms with Crippen molar-refractivity contribution in [3.8, 4) is 0 Å². The lowest BCUT2D eigenvalue weighted by molar-refractivity contribution is 0.0980. The number of hydrogen-bond donors (Lipinski definition) is 0. The molecule has 2 aromatic rings. The highest BCUT2D eigenvalue weighted by molar-refractivity contribution is 9.10. The maximum absolute atomic E-state index is 13.5.